The molecule has 0 N–H and O–H groups in total. The van der Waals surface area contributed by atoms with Crippen molar-refractivity contribution >= 4 is 38.4 Å². The molecule has 5 nitrogen and oxygen atoms in total. The Balaban J connectivity index is 2.07. The number of nitrogens with zero attached hydrogens (tertiary/aromatic N) is 2. The molecule has 136 valence electrons. The Morgan fingerprint density at radius 3 is 2.56 bits per heavy atom. The minimum atomic E-state index is -3.25. The Morgan fingerprint density at radius 1 is 1.28 bits per heavy atom. The van der Waals surface area contributed by atoms with Crippen LogP contribution in [0.3, 0.4) is 0 Å². The van der Waals surface area contributed by atoms with Crippen molar-refractivity contribution in [3.05, 3.63) is 29.8 Å². The number of amidine groups is 1. The summed E-state index contributed by atoms with van der Waals surface area (Å²) in [6, 6.07) is 2.56. The zero-order valence-corrected chi connectivity index (χ0v) is 15.6. The van der Waals surface area contributed by atoms with E-state index < -0.39 is 32.9 Å². The predicted molar refractivity (Wildman–Crippen MR) is 94.6 cm³/mol. The molecule has 1 amide bonds. The number of aliphatic imine (C=N–C) groups is 1. The highest BCUT2D eigenvalue weighted by molar-refractivity contribution is 8.16. The third kappa shape index (κ3) is 3.57. The van der Waals surface area contributed by atoms with Crippen molar-refractivity contribution in [2.24, 2.45) is 10.4 Å². The van der Waals surface area contributed by atoms with Crippen LogP contribution in [-0.4, -0.2) is 42.3 Å². The Hall–Kier alpha value is -1.48. The average molecular weight is 388 g/mol. The van der Waals surface area contributed by atoms with Gasteiger partial charge in [-0.1, -0.05) is 32.5 Å². The molecule has 2 atom stereocenters. The van der Waals surface area contributed by atoms with E-state index in [4.69, 9.17) is 0 Å². The summed E-state index contributed by atoms with van der Waals surface area (Å²) in [5.74, 6) is -2.13. The molecular weight excluding hydrogens is 370 g/mol. The molecule has 9 heteroatoms. The average Bonchev–Trinajstić information content (AvgIpc) is 2.90. The van der Waals surface area contributed by atoms with Crippen LogP contribution in [0.5, 0.6) is 0 Å². The Labute approximate surface area is 149 Å². The first-order chi connectivity index (χ1) is 11.5. The largest absolute Gasteiger partial charge is 0.313 e. The summed E-state index contributed by atoms with van der Waals surface area (Å²) in [5, 5.41) is -0.0729. The van der Waals surface area contributed by atoms with Gasteiger partial charge in [0.05, 0.1) is 23.2 Å². The molecule has 2 aliphatic rings. The fourth-order valence-electron chi connectivity index (χ4n) is 2.78. The van der Waals surface area contributed by atoms with Gasteiger partial charge in [0.2, 0.25) is 0 Å². The number of carbonyl (C=O) groups excluding carboxylic acids is 1. The lowest BCUT2D eigenvalue weighted by atomic mass is 9.96. The highest BCUT2D eigenvalue weighted by atomic mass is 32.2. The van der Waals surface area contributed by atoms with Gasteiger partial charge in [-0.05, 0) is 12.1 Å². The molecule has 2 fully saturated rings. The molecule has 25 heavy (non-hydrogen) atoms. The van der Waals surface area contributed by atoms with Crippen LogP contribution in [0, 0.1) is 17.0 Å². The third-order valence-corrected chi connectivity index (χ3v) is 7.28. The Morgan fingerprint density at radius 2 is 1.96 bits per heavy atom. The van der Waals surface area contributed by atoms with Gasteiger partial charge in [0.1, 0.15) is 11.6 Å². The number of benzene rings is 1. The lowest BCUT2D eigenvalue weighted by molar-refractivity contribution is -0.124. The maximum Gasteiger partial charge on any atom is 0.253 e. The van der Waals surface area contributed by atoms with E-state index in [9.17, 15) is 22.0 Å². The molecule has 3 rings (SSSR count). The SMILES string of the molecule is CC(C)(C)C(=O)N=C1S[C@@H]2CS(=O)(=O)C[C@@H]2N1c1ccc(F)cc1F. The number of anilines is 1. The summed E-state index contributed by atoms with van der Waals surface area (Å²) >= 11 is 1.16. The van der Waals surface area contributed by atoms with Crippen molar-refractivity contribution in [1.29, 1.82) is 0 Å². The first kappa shape index (κ1) is 18.3. The summed E-state index contributed by atoms with van der Waals surface area (Å²) in [6.07, 6.45) is 0. The van der Waals surface area contributed by atoms with Crippen LogP contribution in [0.2, 0.25) is 0 Å². The number of rotatable bonds is 1. The standard InChI is InChI=1S/C16H18F2N2O3S2/c1-16(2,3)14(21)19-15-20(11-5-4-9(17)6-10(11)18)12-7-25(22,23)8-13(12)24-15/h4-6,12-13H,7-8H2,1-3H3/t12-,13+/m0/s1. The van der Waals surface area contributed by atoms with Gasteiger partial charge in [0.25, 0.3) is 5.91 Å². The molecule has 1 aromatic rings. The van der Waals surface area contributed by atoms with Gasteiger partial charge >= 0.3 is 0 Å². The summed E-state index contributed by atoms with van der Waals surface area (Å²) in [5.41, 5.74) is -0.691. The molecule has 0 aliphatic carbocycles. The second kappa shape index (κ2) is 6.05. The normalized spacial score (nSPS) is 26.9. The maximum atomic E-state index is 14.3. The fraction of sp³-hybridized carbons (Fsp3) is 0.500. The van der Waals surface area contributed by atoms with Crippen LogP contribution < -0.4 is 4.90 Å². The fourth-order valence-corrected chi connectivity index (χ4v) is 6.68. The van der Waals surface area contributed by atoms with Gasteiger partial charge in [0, 0.05) is 16.7 Å². The van der Waals surface area contributed by atoms with E-state index in [1.807, 2.05) is 0 Å². The number of fused-ring (bicyclic) bond motifs is 1. The van der Waals surface area contributed by atoms with Crippen molar-refractivity contribution in [1.82, 2.24) is 0 Å². The molecule has 2 saturated heterocycles. The summed E-state index contributed by atoms with van der Waals surface area (Å²) in [4.78, 5) is 17.8. The number of halogens is 2. The molecule has 0 aromatic heterocycles. The van der Waals surface area contributed by atoms with Crippen LogP contribution in [0.15, 0.2) is 23.2 Å². The zero-order valence-electron chi connectivity index (χ0n) is 14.0. The third-order valence-electron chi connectivity index (χ3n) is 4.07. The van der Waals surface area contributed by atoms with Gasteiger partial charge in [0.15, 0.2) is 15.0 Å². The number of hydrogen-bond donors (Lipinski definition) is 0. The molecule has 2 aliphatic heterocycles. The minimum absolute atomic E-state index is 0.0268. The van der Waals surface area contributed by atoms with Gasteiger partial charge in [-0.3, -0.25) is 4.79 Å². The van der Waals surface area contributed by atoms with Crippen molar-refractivity contribution in [2.45, 2.75) is 32.1 Å². The van der Waals surface area contributed by atoms with Crippen LogP contribution in [-0.2, 0) is 14.6 Å². The van der Waals surface area contributed by atoms with E-state index in [1.54, 1.807) is 20.8 Å². The molecular formula is C16H18F2N2O3S2. The topological polar surface area (TPSA) is 66.8 Å². The van der Waals surface area contributed by atoms with Crippen LogP contribution in [0.25, 0.3) is 0 Å². The minimum Gasteiger partial charge on any atom is -0.313 e. The van der Waals surface area contributed by atoms with E-state index >= 15 is 0 Å². The molecule has 2 heterocycles. The van der Waals surface area contributed by atoms with Crippen molar-refractivity contribution in [3.8, 4) is 0 Å². The van der Waals surface area contributed by atoms with Crippen LogP contribution >= 0.6 is 11.8 Å². The van der Waals surface area contributed by atoms with Gasteiger partial charge < -0.3 is 4.90 Å². The second-order valence-electron chi connectivity index (χ2n) is 7.22. The van der Waals surface area contributed by atoms with Crippen molar-refractivity contribution in [2.75, 3.05) is 16.4 Å². The highest BCUT2D eigenvalue weighted by Gasteiger charge is 2.50. The molecule has 1 aromatic carbocycles. The Bertz CT molecular complexity index is 863. The first-order valence-electron chi connectivity index (χ1n) is 7.72. The predicted octanol–water partition coefficient (Wildman–Crippen LogP) is 2.61. The second-order valence-corrected chi connectivity index (χ2v) is 10.6. The first-order valence-corrected chi connectivity index (χ1v) is 10.4. The summed E-state index contributed by atoms with van der Waals surface area (Å²) in [7, 11) is -3.25. The van der Waals surface area contributed by atoms with E-state index in [0.717, 1.165) is 23.9 Å². The monoisotopic (exact) mass is 388 g/mol. The van der Waals surface area contributed by atoms with Crippen LogP contribution in [0.1, 0.15) is 20.8 Å². The van der Waals surface area contributed by atoms with E-state index in [0.29, 0.717) is 0 Å². The summed E-state index contributed by atoms with van der Waals surface area (Å²) in [6.45, 7) is 5.15. The smallest absolute Gasteiger partial charge is 0.253 e. The van der Waals surface area contributed by atoms with E-state index in [-0.39, 0.29) is 33.5 Å². The Kier molecular flexibility index (Phi) is 4.43. The number of thioether (sulfide) groups is 1. The van der Waals surface area contributed by atoms with Crippen molar-refractivity contribution < 1.29 is 22.0 Å². The van der Waals surface area contributed by atoms with Gasteiger partial charge in [-0.2, -0.15) is 4.99 Å². The quantitative estimate of drug-likeness (QED) is 0.740. The van der Waals surface area contributed by atoms with Crippen LogP contribution in [0.4, 0.5) is 14.5 Å². The highest BCUT2D eigenvalue weighted by Crippen LogP contribution is 2.42. The summed E-state index contributed by atoms with van der Waals surface area (Å²) < 4.78 is 51.5. The molecule has 0 radical (unpaired) electrons. The maximum absolute atomic E-state index is 14.3. The number of sulfone groups is 1. The lowest BCUT2D eigenvalue weighted by Gasteiger charge is -2.25. The van der Waals surface area contributed by atoms with Gasteiger partial charge in [-0.25, -0.2) is 17.2 Å². The lowest BCUT2D eigenvalue weighted by Crippen LogP contribution is -2.38. The molecule has 0 unspecified atom stereocenters. The molecule has 0 bridgehead atoms. The molecule has 0 saturated carbocycles. The number of carbonyl (C=O) groups is 1. The van der Waals surface area contributed by atoms with Gasteiger partial charge in [-0.15, -0.1) is 0 Å². The zero-order chi connectivity index (χ0) is 18.6. The number of hydrogen-bond acceptors (Lipinski definition) is 4. The van der Waals surface area contributed by atoms with E-state index in [1.165, 1.54) is 11.0 Å². The number of amides is 1. The van der Waals surface area contributed by atoms with E-state index in [2.05, 4.69) is 4.99 Å². The van der Waals surface area contributed by atoms with Crippen molar-refractivity contribution in [3.63, 3.8) is 0 Å². The molecule has 0 spiro atoms.